The van der Waals surface area contributed by atoms with E-state index in [9.17, 15) is 18.0 Å². The number of carbonyl (C=O) groups excluding carboxylic acids is 1. The molecule has 2 N–H and O–H groups in total. The maximum atomic E-state index is 12.2. The molecule has 0 spiro atoms. The van der Waals surface area contributed by atoms with E-state index in [2.05, 4.69) is 15.6 Å². The Hall–Kier alpha value is -2.31. The minimum Gasteiger partial charge on any atom is -0.480 e. The summed E-state index contributed by atoms with van der Waals surface area (Å²) in [5, 5.41) is 20.1. The average molecular weight is 373 g/mol. The maximum Gasteiger partial charge on any atom is 0.325 e. The second kappa shape index (κ2) is 7.07. The Morgan fingerprint density at radius 3 is 2.75 bits per heavy atom. The van der Waals surface area contributed by atoms with Crippen molar-refractivity contribution in [1.29, 1.82) is 0 Å². The molecule has 0 atom stereocenters. The molecule has 0 aliphatic carbocycles. The fraction of sp³-hybridized carbons (Fsp3) is 0.333. The van der Waals surface area contributed by atoms with Crippen molar-refractivity contribution in [2.45, 2.75) is 18.0 Å². The lowest BCUT2D eigenvalue weighted by Gasteiger charge is -2.11. The van der Waals surface area contributed by atoms with Crippen LogP contribution >= 0.6 is 11.3 Å². The summed E-state index contributed by atoms with van der Waals surface area (Å²) in [4.78, 5) is 22.8. The smallest absolute Gasteiger partial charge is 0.325 e. The third-order valence-corrected chi connectivity index (χ3v) is 5.81. The molecule has 0 saturated heterocycles. The molecule has 130 valence electrons. The molecule has 0 fully saturated rings. The van der Waals surface area contributed by atoms with E-state index < -0.39 is 21.9 Å². The third kappa shape index (κ3) is 3.96. The topological polar surface area (TPSA) is 134 Å². The number of carboxylic acids is 1. The van der Waals surface area contributed by atoms with Gasteiger partial charge in [0.25, 0.3) is 5.91 Å². The summed E-state index contributed by atoms with van der Waals surface area (Å²) in [6, 6.07) is 1.37. The van der Waals surface area contributed by atoms with Crippen molar-refractivity contribution in [2.24, 2.45) is 0 Å². The molecule has 1 amide bonds. The SMILES string of the molecule is CN(C)S(=O)(=O)c1ccsc1C(=O)NCc1cn(CC(=O)O)nn1. The van der Waals surface area contributed by atoms with Crippen LogP contribution in [0.15, 0.2) is 22.5 Å². The van der Waals surface area contributed by atoms with Gasteiger partial charge < -0.3 is 10.4 Å². The van der Waals surface area contributed by atoms with Gasteiger partial charge in [-0.05, 0) is 11.4 Å². The van der Waals surface area contributed by atoms with Gasteiger partial charge in [0.05, 0.1) is 12.7 Å². The monoisotopic (exact) mass is 373 g/mol. The molecular formula is C12H15N5O5S2. The Labute approximate surface area is 141 Å². The predicted molar refractivity (Wildman–Crippen MR) is 84.0 cm³/mol. The van der Waals surface area contributed by atoms with E-state index in [0.29, 0.717) is 5.69 Å². The van der Waals surface area contributed by atoms with Crippen LogP contribution in [0, 0.1) is 0 Å². The molecule has 2 aromatic rings. The van der Waals surface area contributed by atoms with E-state index in [1.807, 2.05) is 0 Å². The summed E-state index contributed by atoms with van der Waals surface area (Å²) < 4.78 is 26.5. The number of nitrogens with one attached hydrogen (secondary N) is 1. The number of hydrogen-bond acceptors (Lipinski definition) is 7. The Morgan fingerprint density at radius 1 is 1.42 bits per heavy atom. The molecule has 0 aliphatic rings. The highest BCUT2D eigenvalue weighted by atomic mass is 32.2. The standard InChI is InChI=1S/C12H15N5O5S2/c1-16(2)24(21,22)9-3-4-23-11(9)12(20)13-5-8-6-17(15-14-8)7-10(18)19/h3-4,6H,5,7H2,1-2H3,(H,13,20)(H,18,19). The Bertz CT molecular complexity index is 855. The number of nitrogens with zero attached hydrogens (tertiary/aromatic N) is 4. The lowest BCUT2D eigenvalue weighted by atomic mass is 10.4. The highest BCUT2D eigenvalue weighted by Gasteiger charge is 2.25. The molecule has 12 heteroatoms. The number of sulfonamides is 1. The van der Waals surface area contributed by atoms with Crippen molar-refractivity contribution >= 4 is 33.2 Å². The first kappa shape index (κ1) is 18.0. The Balaban J connectivity index is 2.08. The molecule has 10 nitrogen and oxygen atoms in total. The first-order chi connectivity index (χ1) is 11.2. The number of aromatic nitrogens is 3. The van der Waals surface area contributed by atoms with Gasteiger partial charge in [0.1, 0.15) is 22.0 Å². The van der Waals surface area contributed by atoms with Crippen molar-refractivity contribution in [3.63, 3.8) is 0 Å². The van der Waals surface area contributed by atoms with Gasteiger partial charge in [0.2, 0.25) is 10.0 Å². The zero-order chi connectivity index (χ0) is 17.9. The lowest BCUT2D eigenvalue weighted by molar-refractivity contribution is -0.137. The van der Waals surface area contributed by atoms with E-state index >= 15 is 0 Å². The van der Waals surface area contributed by atoms with Crippen molar-refractivity contribution in [2.75, 3.05) is 14.1 Å². The quantitative estimate of drug-likeness (QED) is 0.674. The van der Waals surface area contributed by atoms with Gasteiger partial charge >= 0.3 is 5.97 Å². The second-order valence-electron chi connectivity index (χ2n) is 4.89. The minimum atomic E-state index is -3.72. The van der Waals surface area contributed by atoms with Crippen LogP contribution in [0.5, 0.6) is 0 Å². The molecule has 0 saturated carbocycles. The van der Waals surface area contributed by atoms with Gasteiger partial charge in [-0.1, -0.05) is 5.21 Å². The third-order valence-electron chi connectivity index (χ3n) is 2.91. The first-order valence-corrected chi connectivity index (χ1v) is 8.93. The van der Waals surface area contributed by atoms with E-state index in [4.69, 9.17) is 5.11 Å². The van der Waals surface area contributed by atoms with Crippen LogP contribution in [0.1, 0.15) is 15.4 Å². The van der Waals surface area contributed by atoms with E-state index in [1.54, 1.807) is 0 Å². The van der Waals surface area contributed by atoms with Gasteiger partial charge in [-0.2, -0.15) is 0 Å². The number of carboxylic acid groups (broad SMARTS) is 1. The molecular weight excluding hydrogens is 358 g/mol. The van der Waals surface area contributed by atoms with Gasteiger partial charge in [-0.3, -0.25) is 9.59 Å². The second-order valence-corrected chi connectivity index (χ2v) is 7.92. The highest BCUT2D eigenvalue weighted by Crippen LogP contribution is 2.24. The number of carbonyl (C=O) groups is 2. The first-order valence-electron chi connectivity index (χ1n) is 6.61. The summed E-state index contributed by atoms with van der Waals surface area (Å²) in [7, 11) is -0.947. The summed E-state index contributed by atoms with van der Waals surface area (Å²) in [5.41, 5.74) is 0.359. The minimum absolute atomic E-state index is 0.00218. The van der Waals surface area contributed by atoms with Crippen LogP contribution in [0.4, 0.5) is 0 Å². The molecule has 0 aliphatic heterocycles. The summed E-state index contributed by atoms with van der Waals surface area (Å²) in [6.07, 6.45) is 1.39. The molecule has 0 radical (unpaired) electrons. The van der Waals surface area contributed by atoms with Gasteiger partial charge in [-0.15, -0.1) is 16.4 Å². The fourth-order valence-electron chi connectivity index (χ4n) is 1.75. The normalized spacial score (nSPS) is 11.6. The van der Waals surface area contributed by atoms with Crippen LogP contribution in [0.2, 0.25) is 0 Å². The van der Waals surface area contributed by atoms with Crippen LogP contribution < -0.4 is 5.32 Å². The van der Waals surface area contributed by atoms with Gasteiger partial charge in [0.15, 0.2) is 0 Å². The Morgan fingerprint density at radius 2 is 2.12 bits per heavy atom. The van der Waals surface area contributed by atoms with Gasteiger partial charge in [-0.25, -0.2) is 17.4 Å². The fourth-order valence-corrected chi connectivity index (χ4v) is 3.96. The van der Waals surface area contributed by atoms with Crippen molar-refractivity contribution < 1.29 is 23.1 Å². The lowest BCUT2D eigenvalue weighted by Crippen LogP contribution is -2.27. The molecule has 0 bridgehead atoms. The van der Waals surface area contributed by atoms with E-state index in [0.717, 1.165) is 20.3 Å². The van der Waals surface area contributed by atoms with E-state index in [1.165, 1.54) is 31.7 Å². The number of rotatable bonds is 7. The number of aliphatic carboxylic acids is 1. The highest BCUT2D eigenvalue weighted by molar-refractivity contribution is 7.89. The maximum absolute atomic E-state index is 12.2. The molecule has 2 aromatic heterocycles. The summed E-state index contributed by atoms with van der Waals surface area (Å²) >= 11 is 1.01. The Kier molecular flexibility index (Phi) is 5.31. The van der Waals surface area contributed by atoms with Crippen LogP contribution in [0.25, 0.3) is 0 Å². The molecule has 2 rings (SSSR count). The zero-order valence-corrected chi connectivity index (χ0v) is 14.5. The van der Waals surface area contributed by atoms with E-state index in [-0.39, 0.29) is 22.9 Å². The zero-order valence-electron chi connectivity index (χ0n) is 12.8. The van der Waals surface area contributed by atoms with Crippen LogP contribution in [0.3, 0.4) is 0 Å². The predicted octanol–water partition coefficient (Wildman–Crippen LogP) is -0.395. The van der Waals surface area contributed by atoms with Gasteiger partial charge in [0, 0.05) is 14.1 Å². The molecule has 0 aromatic carbocycles. The summed E-state index contributed by atoms with van der Waals surface area (Å²) in [6.45, 7) is -0.338. The molecule has 0 unspecified atom stereocenters. The van der Waals surface area contributed by atoms with Crippen molar-refractivity contribution in [3.05, 3.63) is 28.2 Å². The van der Waals surface area contributed by atoms with Crippen molar-refractivity contribution in [1.82, 2.24) is 24.6 Å². The molecule has 2 heterocycles. The summed E-state index contributed by atoms with van der Waals surface area (Å²) in [5.74, 6) is -1.62. The number of hydrogen-bond donors (Lipinski definition) is 2. The van der Waals surface area contributed by atoms with Crippen LogP contribution in [-0.4, -0.2) is 58.8 Å². The van der Waals surface area contributed by atoms with Crippen LogP contribution in [-0.2, 0) is 27.9 Å². The largest absolute Gasteiger partial charge is 0.480 e. The molecule has 24 heavy (non-hydrogen) atoms. The van der Waals surface area contributed by atoms with Crippen molar-refractivity contribution in [3.8, 4) is 0 Å². The number of thiophene rings is 1. The average Bonchev–Trinajstić information content (AvgIpc) is 3.13. The number of amides is 1.